The molecule has 0 saturated carbocycles. The van der Waals surface area contributed by atoms with Gasteiger partial charge in [-0.15, -0.1) is 0 Å². The van der Waals surface area contributed by atoms with Crippen molar-refractivity contribution in [3.8, 4) is 5.75 Å². The van der Waals surface area contributed by atoms with Crippen molar-refractivity contribution in [3.05, 3.63) is 70.3 Å². The summed E-state index contributed by atoms with van der Waals surface area (Å²) in [5.74, 6) is -0.342. The fourth-order valence-corrected chi connectivity index (χ4v) is 2.41. The summed E-state index contributed by atoms with van der Waals surface area (Å²) < 4.78 is 23.7. The second kappa shape index (κ2) is 6.76. The van der Waals surface area contributed by atoms with Crippen molar-refractivity contribution >= 4 is 22.6 Å². The van der Waals surface area contributed by atoms with Crippen LogP contribution in [0.1, 0.15) is 24.2 Å². The number of halogens is 1. The van der Waals surface area contributed by atoms with Gasteiger partial charge in [0.2, 0.25) is 0 Å². The molecule has 0 aliphatic rings. The predicted molar refractivity (Wildman–Crippen MR) is 92.6 cm³/mol. The van der Waals surface area contributed by atoms with E-state index in [2.05, 4.69) is 5.32 Å². The first-order valence-corrected chi connectivity index (χ1v) is 7.74. The Balaban J connectivity index is 1.98. The number of rotatable bonds is 4. The van der Waals surface area contributed by atoms with Crippen LogP contribution in [-0.4, -0.2) is 12.0 Å². The van der Waals surface area contributed by atoms with E-state index in [4.69, 9.17) is 9.15 Å². The van der Waals surface area contributed by atoms with Gasteiger partial charge in [-0.2, -0.15) is 0 Å². The van der Waals surface area contributed by atoms with E-state index in [0.717, 1.165) is 6.07 Å². The van der Waals surface area contributed by atoms with Crippen LogP contribution in [0.3, 0.4) is 0 Å². The van der Waals surface area contributed by atoms with Gasteiger partial charge < -0.3 is 14.5 Å². The Hall–Kier alpha value is -3.15. The number of amides is 1. The molecule has 2 aromatic carbocycles. The van der Waals surface area contributed by atoms with Gasteiger partial charge in [0.15, 0.2) is 0 Å². The lowest BCUT2D eigenvalue weighted by Crippen LogP contribution is -2.15. The lowest BCUT2D eigenvalue weighted by molar-refractivity contribution is 0.102. The monoisotopic (exact) mass is 341 g/mol. The number of benzene rings is 2. The Bertz CT molecular complexity index is 977. The van der Waals surface area contributed by atoms with Crippen LogP contribution in [0, 0.1) is 5.82 Å². The highest BCUT2D eigenvalue weighted by molar-refractivity contribution is 6.12. The molecule has 6 heteroatoms. The molecular weight excluding hydrogens is 325 g/mol. The van der Waals surface area contributed by atoms with Crippen molar-refractivity contribution in [2.75, 3.05) is 5.32 Å². The van der Waals surface area contributed by atoms with Gasteiger partial charge in [0.25, 0.3) is 5.91 Å². The zero-order valence-electron chi connectivity index (χ0n) is 13.7. The van der Waals surface area contributed by atoms with E-state index in [1.54, 1.807) is 18.2 Å². The van der Waals surface area contributed by atoms with Crippen molar-refractivity contribution < 1.29 is 18.3 Å². The zero-order valence-corrected chi connectivity index (χ0v) is 13.7. The molecule has 0 radical (unpaired) electrons. The zero-order chi connectivity index (χ0) is 18.0. The van der Waals surface area contributed by atoms with E-state index < -0.39 is 17.3 Å². The molecule has 1 amide bonds. The molecule has 3 rings (SSSR count). The van der Waals surface area contributed by atoms with Gasteiger partial charge >= 0.3 is 5.63 Å². The number of fused-ring (bicyclic) bond motifs is 1. The maximum absolute atomic E-state index is 13.0. The number of carbonyl (C=O) groups excluding carboxylic acids is 1. The Morgan fingerprint density at radius 2 is 1.84 bits per heavy atom. The van der Waals surface area contributed by atoms with Crippen LogP contribution in [0.2, 0.25) is 0 Å². The molecule has 1 N–H and O–H groups in total. The SMILES string of the molecule is CC(C)Oc1ccc2c(C(=O)Nc3ccc(F)cc3)cc(=O)oc2c1. The van der Waals surface area contributed by atoms with Crippen LogP contribution in [0.15, 0.2) is 57.7 Å². The lowest BCUT2D eigenvalue weighted by Gasteiger charge is -2.11. The van der Waals surface area contributed by atoms with E-state index in [9.17, 15) is 14.0 Å². The van der Waals surface area contributed by atoms with Gasteiger partial charge in [0.05, 0.1) is 11.7 Å². The first-order chi connectivity index (χ1) is 11.9. The van der Waals surface area contributed by atoms with Crippen LogP contribution in [0.5, 0.6) is 5.75 Å². The maximum Gasteiger partial charge on any atom is 0.337 e. The summed E-state index contributed by atoms with van der Waals surface area (Å²) in [6.07, 6.45) is -0.0332. The summed E-state index contributed by atoms with van der Waals surface area (Å²) >= 11 is 0. The average Bonchev–Trinajstić information content (AvgIpc) is 2.55. The fourth-order valence-electron chi connectivity index (χ4n) is 2.41. The molecule has 25 heavy (non-hydrogen) atoms. The molecule has 0 atom stereocenters. The molecule has 5 nitrogen and oxygen atoms in total. The minimum absolute atomic E-state index is 0.0332. The Labute approximate surface area is 143 Å². The summed E-state index contributed by atoms with van der Waals surface area (Å²) in [6.45, 7) is 3.76. The molecule has 128 valence electrons. The Morgan fingerprint density at radius 3 is 2.52 bits per heavy atom. The standard InChI is InChI=1S/C19H16FNO4/c1-11(2)24-14-7-8-15-16(10-18(22)25-17(15)9-14)19(23)21-13-5-3-12(20)4-6-13/h3-11H,1-2H3,(H,21,23). The molecular formula is C19H16FNO4. The number of ether oxygens (including phenoxy) is 1. The average molecular weight is 341 g/mol. The first kappa shape index (κ1) is 16.7. The molecule has 0 aliphatic heterocycles. The molecule has 0 saturated heterocycles. The van der Waals surface area contributed by atoms with Crippen molar-refractivity contribution in [1.82, 2.24) is 0 Å². The van der Waals surface area contributed by atoms with E-state index in [1.807, 2.05) is 13.8 Å². The van der Waals surface area contributed by atoms with Gasteiger partial charge in [0, 0.05) is 23.2 Å². The highest BCUT2D eigenvalue weighted by atomic mass is 19.1. The molecule has 0 unspecified atom stereocenters. The van der Waals surface area contributed by atoms with E-state index in [0.29, 0.717) is 16.8 Å². The minimum Gasteiger partial charge on any atom is -0.491 e. The molecule has 0 aliphatic carbocycles. The van der Waals surface area contributed by atoms with Gasteiger partial charge in [-0.05, 0) is 50.2 Å². The third-order valence-electron chi connectivity index (χ3n) is 3.43. The highest BCUT2D eigenvalue weighted by Crippen LogP contribution is 2.24. The summed E-state index contributed by atoms with van der Waals surface area (Å²) in [5, 5.41) is 3.12. The highest BCUT2D eigenvalue weighted by Gasteiger charge is 2.14. The largest absolute Gasteiger partial charge is 0.491 e. The normalized spacial score (nSPS) is 10.9. The van der Waals surface area contributed by atoms with Gasteiger partial charge in [0.1, 0.15) is 17.1 Å². The topological polar surface area (TPSA) is 68.5 Å². The molecule has 3 aromatic rings. The van der Waals surface area contributed by atoms with Crippen molar-refractivity contribution in [2.24, 2.45) is 0 Å². The molecule has 0 spiro atoms. The number of hydrogen-bond donors (Lipinski definition) is 1. The van der Waals surface area contributed by atoms with E-state index in [1.165, 1.54) is 24.3 Å². The van der Waals surface area contributed by atoms with Gasteiger partial charge in [-0.3, -0.25) is 4.79 Å². The number of carbonyl (C=O) groups is 1. The maximum atomic E-state index is 13.0. The lowest BCUT2D eigenvalue weighted by atomic mass is 10.1. The van der Waals surface area contributed by atoms with Gasteiger partial charge in [-0.25, -0.2) is 9.18 Å². The number of hydrogen-bond acceptors (Lipinski definition) is 4. The van der Waals surface area contributed by atoms with Crippen LogP contribution < -0.4 is 15.7 Å². The van der Waals surface area contributed by atoms with Crippen molar-refractivity contribution in [1.29, 1.82) is 0 Å². The third kappa shape index (κ3) is 3.85. The second-order valence-electron chi connectivity index (χ2n) is 5.76. The minimum atomic E-state index is -0.640. The van der Waals surface area contributed by atoms with Gasteiger partial charge in [-0.1, -0.05) is 0 Å². The summed E-state index contributed by atoms with van der Waals surface area (Å²) in [5.41, 5.74) is 0.215. The Morgan fingerprint density at radius 1 is 1.12 bits per heavy atom. The van der Waals surface area contributed by atoms with Crippen LogP contribution in [0.25, 0.3) is 11.0 Å². The first-order valence-electron chi connectivity index (χ1n) is 7.74. The summed E-state index contributed by atoms with van der Waals surface area (Å²) in [6, 6.07) is 11.4. The fraction of sp³-hybridized carbons (Fsp3) is 0.158. The van der Waals surface area contributed by atoms with E-state index in [-0.39, 0.29) is 17.3 Å². The summed E-state index contributed by atoms with van der Waals surface area (Å²) in [7, 11) is 0. The molecule has 1 heterocycles. The molecule has 1 aromatic heterocycles. The van der Waals surface area contributed by atoms with Crippen LogP contribution in [-0.2, 0) is 0 Å². The number of anilines is 1. The molecule has 0 bridgehead atoms. The van der Waals surface area contributed by atoms with E-state index >= 15 is 0 Å². The quantitative estimate of drug-likeness (QED) is 0.729. The van der Waals surface area contributed by atoms with Crippen molar-refractivity contribution in [2.45, 2.75) is 20.0 Å². The second-order valence-corrected chi connectivity index (χ2v) is 5.76. The predicted octanol–water partition coefficient (Wildman–Crippen LogP) is 3.97. The van der Waals surface area contributed by atoms with Crippen LogP contribution in [0.4, 0.5) is 10.1 Å². The Kier molecular flexibility index (Phi) is 4.52. The number of nitrogens with one attached hydrogen (secondary N) is 1. The summed E-state index contributed by atoms with van der Waals surface area (Å²) in [4.78, 5) is 24.3. The van der Waals surface area contributed by atoms with Crippen LogP contribution >= 0.6 is 0 Å². The smallest absolute Gasteiger partial charge is 0.337 e. The third-order valence-corrected chi connectivity index (χ3v) is 3.43. The van der Waals surface area contributed by atoms with Crippen molar-refractivity contribution in [3.63, 3.8) is 0 Å². The molecule has 0 fully saturated rings.